The fraction of sp³-hybridized carbons (Fsp3) is 0. The van der Waals surface area contributed by atoms with Crippen LogP contribution in [0.25, 0.3) is 115 Å². The van der Waals surface area contributed by atoms with Crippen LogP contribution in [0.15, 0.2) is 182 Å². The molecule has 3 heterocycles. The Morgan fingerprint density at radius 1 is 0.422 bits per heavy atom. The van der Waals surface area contributed by atoms with Crippen molar-refractivity contribution >= 4 is 60.7 Å². The predicted molar refractivity (Wildman–Crippen MR) is 256 cm³/mol. The molecule has 0 amide bonds. The highest BCUT2D eigenvalue weighted by Crippen LogP contribution is 2.42. The highest BCUT2D eigenvalue weighted by Gasteiger charge is 2.21. The van der Waals surface area contributed by atoms with E-state index in [-0.39, 0.29) is 0 Å². The third-order valence-corrected chi connectivity index (χ3v) is 11.8. The van der Waals surface area contributed by atoms with Crippen LogP contribution in [0.1, 0.15) is 5.56 Å². The molecule has 0 fully saturated rings. The summed E-state index contributed by atoms with van der Waals surface area (Å²) in [5.74, 6) is 0.616. The van der Waals surface area contributed by atoms with E-state index in [2.05, 4.69) is 84.3 Å². The number of hydrogen-bond acceptors (Lipinski definition) is 3. The molecule has 3 aromatic heterocycles. The number of fused-ring (bicyclic) bond motifs is 6. The van der Waals surface area contributed by atoms with E-state index in [1.54, 1.807) is 0 Å². The van der Waals surface area contributed by atoms with Crippen molar-refractivity contribution in [1.82, 2.24) is 19.1 Å². The van der Waals surface area contributed by atoms with Gasteiger partial charge in [-0.15, -0.1) is 0 Å². The van der Waals surface area contributed by atoms with Gasteiger partial charge in [0.05, 0.1) is 70.5 Å². The van der Waals surface area contributed by atoms with Gasteiger partial charge in [-0.25, -0.2) is 24.5 Å². The van der Waals surface area contributed by atoms with Crippen LogP contribution >= 0.6 is 0 Å². The molecule has 8 nitrogen and oxygen atoms in total. The Morgan fingerprint density at radius 2 is 0.938 bits per heavy atom. The van der Waals surface area contributed by atoms with E-state index in [9.17, 15) is 5.26 Å². The lowest BCUT2D eigenvalue weighted by Crippen LogP contribution is -2.00. The summed E-state index contributed by atoms with van der Waals surface area (Å²) < 4.78 is 4.41. The number of nitrogens with zero attached hydrogens (tertiary/aromatic N) is 8. The summed E-state index contributed by atoms with van der Waals surface area (Å²) in [7, 11) is 0. The molecule has 0 saturated heterocycles. The van der Waals surface area contributed by atoms with Gasteiger partial charge in [0, 0.05) is 33.3 Å². The van der Waals surface area contributed by atoms with Crippen LogP contribution in [0.4, 0.5) is 17.1 Å². The number of aromatic nitrogens is 4. The molecule has 0 saturated carbocycles. The van der Waals surface area contributed by atoms with Gasteiger partial charge < -0.3 is 9.13 Å². The zero-order valence-corrected chi connectivity index (χ0v) is 33.9. The van der Waals surface area contributed by atoms with E-state index in [4.69, 9.17) is 29.7 Å². The lowest BCUT2D eigenvalue weighted by molar-refractivity contribution is 1.16. The Balaban J connectivity index is 1.19. The van der Waals surface area contributed by atoms with Crippen molar-refractivity contribution in [1.29, 1.82) is 5.26 Å². The normalized spacial score (nSPS) is 11.1. The smallest absolute Gasteiger partial charge is 0.188 e. The maximum atomic E-state index is 9.95. The van der Waals surface area contributed by atoms with E-state index in [1.807, 2.05) is 127 Å². The molecule has 0 atom stereocenters. The first-order chi connectivity index (χ1) is 31.5. The zero-order valence-electron chi connectivity index (χ0n) is 33.9. The van der Waals surface area contributed by atoms with Gasteiger partial charge in [-0.1, -0.05) is 97.1 Å². The third kappa shape index (κ3) is 6.20. The first-order valence-electron chi connectivity index (χ1n) is 20.5. The summed E-state index contributed by atoms with van der Waals surface area (Å²) >= 11 is 0. The highest BCUT2D eigenvalue weighted by atomic mass is 15.0. The van der Waals surface area contributed by atoms with Crippen LogP contribution in [0, 0.1) is 31.0 Å². The van der Waals surface area contributed by atoms with E-state index in [1.165, 1.54) is 0 Å². The van der Waals surface area contributed by atoms with Crippen molar-refractivity contribution in [2.75, 3.05) is 0 Å². The number of hydrogen-bond donors (Lipinski definition) is 0. The van der Waals surface area contributed by atoms with E-state index in [0.29, 0.717) is 28.5 Å². The topological polar surface area (TPSA) is 72.5 Å². The predicted octanol–water partition coefficient (Wildman–Crippen LogP) is 14.9. The van der Waals surface area contributed by atoms with Crippen LogP contribution < -0.4 is 0 Å². The second-order valence-electron chi connectivity index (χ2n) is 15.4. The van der Waals surface area contributed by atoms with Crippen LogP contribution in [-0.4, -0.2) is 19.1 Å². The lowest BCUT2D eigenvalue weighted by atomic mass is 9.97. The largest absolute Gasteiger partial charge is 0.309 e. The van der Waals surface area contributed by atoms with E-state index >= 15 is 0 Å². The van der Waals surface area contributed by atoms with Crippen molar-refractivity contribution in [3.63, 3.8) is 0 Å². The summed E-state index contributed by atoms with van der Waals surface area (Å²) in [4.78, 5) is 21.4. The summed E-state index contributed by atoms with van der Waals surface area (Å²) in [6.07, 6.45) is 0. The molecule has 11 aromatic rings. The first-order valence-corrected chi connectivity index (χ1v) is 20.5. The van der Waals surface area contributed by atoms with Crippen LogP contribution in [-0.2, 0) is 0 Å². The Bertz CT molecular complexity index is 3690. The Hall–Kier alpha value is -9.60. The molecular formula is C56H30N8. The molecule has 0 aliphatic carbocycles. The third-order valence-electron chi connectivity index (χ3n) is 11.8. The Labute approximate surface area is 367 Å². The zero-order chi connectivity index (χ0) is 43.3. The van der Waals surface area contributed by atoms with Gasteiger partial charge in [0.2, 0.25) is 0 Å². The van der Waals surface area contributed by atoms with Gasteiger partial charge in [0.1, 0.15) is 0 Å². The fourth-order valence-corrected chi connectivity index (χ4v) is 8.83. The fourth-order valence-electron chi connectivity index (χ4n) is 8.83. The monoisotopic (exact) mass is 814 g/mol. The SMILES string of the molecule is [C-]#[N+]c1ccc2c(c1)c1cc([N+]#[C-])ccc1n2-c1cccc(-c2cc(-c3cc(-c4ccccc4)nc(-c4ccccc4)n3)ccc2-n2c3ccc(C#N)cc3c3cc([N+]#[C-])ccc32)c1. The van der Waals surface area contributed by atoms with Crippen molar-refractivity contribution in [2.45, 2.75) is 0 Å². The molecule has 0 spiro atoms. The molecule has 294 valence electrons. The maximum absolute atomic E-state index is 9.95. The number of benzene rings is 8. The second kappa shape index (κ2) is 15.1. The average molecular weight is 815 g/mol. The van der Waals surface area contributed by atoms with Gasteiger partial charge in [-0.3, -0.25) is 0 Å². The minimum Gasteiger partial charge on any atom is -0.309 e. The second-order valence-corrected chi connectivity index (χ2v) is 15.4. The molecular weight excluding hydrogens is 785 g/mol. The van der Waals surface area contributed by atoms with Crippen molar-refractivity contribution in [3.05, 3.63) is 222 Å². The van der Waals surface area contributed by atoms with Gasteiger partial charge in [-0.2, -0.15) is 5.26 Å². The van der Waals surface area contributed by atoms with Crippen LogP contribution in [0.3, 0.4) is 0 Å². The molecule has 8 heteroatoms. The highest BCUT2D eigenvalue weighted by molar-refractivity contribution is 6.12. The standard InChI is InChI=1S/C56H30N8/c1-58-40-19-24-52-47(31-40)48-32-41(59-2)20-25-53(48)63(52)43-16-10-15-38(28-43)44-29-39(50-33-49(36-11-6-4-7-12-36)61-56(62-50)37-13-8-5-9-14-37)18-23-51(44)64-54-22-17-35(34-57)27-45(54)46-30-42(60-3)21-26-55(46)64/h4-33H. The molecule has 0 radical (unpaired) electrons. The van der Waals surface area contributed by atoms with Crippen LogP contribution in [0.5, 0.6) is 0 Å². The molecule has 0 aliphatic heterocycles. The molecule has 0 bridgehead atoms. The Kier molecular flexibility index (Phi) is 8.85. The van der Waals surface area contributed by atoms with Crippen molar-refractivity contribution in [3.8, 4) is 62.5 Å². The average Bonchev–Trinajstić information content (AvgIpc) is 3.87. The van der Waals surface area contributed by atoms with Crippen molar-refractivity contribution < 1.29 is 0 Å². The minimum absolute atomic E-state index is 0.516. The van der Waals surface area contributed by atoms with Gasteiger partial charge >= 0.3 is 0 Å². The summed E-state index contributed by atoms with van der Waals surface area (Å²) in [5, 5.41) is 13.5. The van der Waals surface area contributed by atoms with Gasteiger partial charge in [0.25, 0.3) is 0 Å². The summed E-state index contributed by atoms with van der Waals surface area (Å²) in [6, 6.07) is 62.2. The number of rotatable bonds is 6. The van der Waals surface area contributed by atoms with Crippen LogP contribution in [0.2, 0.25) is 0 Å². The molecule has 0 N–H and O–H groups in total. The molecule has 8 aromatic carbocycles. The quantitative estimate of drug-likeness (QED) is 0.157. The summed E-state index contributed by atoms with van der Waals surface area (Å²) in [6.45, 7) is 23.3. The first kappa shape index (κ1) is 37.4. The van der Waals surface area contributed by atoms with E-state index < -0.39 is 0 Å². The maximum Gasteiger partial charge on any atom is 0.188 e. The lowest BCUT2D eigenvalue weighted by Gasteiger charge is -2.18. The molecule has 64 heavy (non-hydrogen) atoms. The summed E-state index contributed by atoms with van der Waals surface area (Å²) in [5.41, 5.74) is 13.7. The molecule has 11 rings (SSSR count). The Morgan fingerprint density at radius 3 is 1.52 bits per heavy atom. The molecule has 0 unspecified atom stereocenters. The van der Waals surface area contributed by atoms with Crippen molar-refractivity contribution in [2.24, 2.45) is 0 Å². The van der Waals surface area contributed by atoms with Gasteiger partial charge in [-0.05, 0) is 107 Å². The van der Waals surface area contributed by atoms with Gasteiger partial charge in [0.15, 0.2) is 22.9 Å². The minimum atomic E-state index is 0.516. The van der Waals surface area contributed by atoms with E-state index in [0.717, 1.165) is 94.2 Å². The molecule has 0 aliphatic rings. The number of nitriles is 1.